The number of aliphatic hydroxyl groups excluding tert-OH is 2. The standard InChI is InChI=1S/C6H12O4/c1-6(2-7,3-8)4-10-5-9/h5,7-8H,2-4H2,1H3. The third-order valence-corrected chi connectivity index (χ3v) is 1.26. The molecule has 0 amide bonds. The van der Waals surface area contributed by atoms with Gasteiger partial charge in [0.05, 0.1) is 13.2 Å². The van der Waals surface area contributed by atoms with Crippen LogP contribution in [-0.2, 0) is 9.53 Å². The molecule has 0 aromatic rings. The van der Waals surface area contributed by atoms with Crippen molar-refractivity contribution in [3.05, 3.63) is 0 Å². The van der Waals surface area contributed by atoms with Crippen LogP contribution in [0.15, 0.2) is 0 Å². The Balaban J connectivity index is 3.68. The topological polar surface area (TPSA) is 66.8 Å². The van der Waals surface area contributed by atoms with Crippen LogP contribution in [0.1, 0.15) is 6.92 Å². The molecule has 0 spiro atoms. The molecule has 0 rings (SSSR count). The SMILES string of the molecule is CC(CO)(CO)COC=O. The molecule has 0 aliphatic carbocycles. The van der Waals surface area contributed by atoms with E-state index < -0.39 is 5.41 Å². The minimum absolute atomic E-state index is 0.0451. The second-order valence-electron chi connectivity index (χ2n) is 2.53. The highest BCUT2D eigenvalue weighted by Crippen LogP contribution is 2.13. The van der Waals surface area contributed by atoms with Crippen LogP contribution in [0.2, 0.25) is 0 Å². The van der Waals surface area contributed by atoms with Crippen molar-refractivity contribution in [1.82, 2.24) is 0 Å². The highest BCUT2D eigenvalue weighted by molar-refractivity contribution is 5.36. The van der Waals surface area contributed by atoms with Crippen LogP contribution < -0.4 is 0 Å². The molecule has 0 aliphatic heterocycles. The van der Waals surface area contributed by atoms with Crippen molar-refractivity contribution in [3.8, 4) is 0 Å². The fourth-order valence-electron chi connectivity index (χ4n) is 0.376. The van der Waals surface area contributed by atoms with Gasteiger partial charge in [-0.15, -0.1) is 0 Å². The Kier molecular flexibility index (Phi) is 3.99. The summed E-state index contributed by atoms with van der Waals surface area (Å²) in [6.07, 6.45) is 0. The minimum atomic E-state index is -0.707. The van der Waals surface area contributed by atoms with Gasteiger partial charge in [-0.1, -0.05) is 6.92 Å². The number of ether oxygens (including phenoxy) is 1. The van der Waals surface area contributed by atoms with Gasteiger partial charge in [-0.2, -0.15) is 0 Å². The Morgan fingerprint density at radius 2 is 2.00 bits per heavy atom. The van der Waals surface area contributed by atoms with Crippen LogP contribution in [-0.4, -0.2) is 36.5 Å². The van der Waals surface area contributed by atoms with Crippen molar-refractivity contribution >= 4 is 6.47 Å². The van der Waals surface area contributed by atoms with E-state index >= 15 is 0 Å². The second kappa shape index (κ2) is 4.24. The largest absolute Gasteiger partial charge is 0.467 e. The monoisotopic (exact) mass is 148 g/mol. The van der Waals surface area contributed by atoms with E-state index in [1.807, 2.05) is 0 Å². The van der Waals surface area contributed by atoms with Gasteiger partial charge in [0.1, 0.15) is 6.61 Å². The predicted octanol–water partition coefficient (Wildman–Crippen LogP) is -0.850. The first-order chi connectivity index (χ1) is 4.68. The van der Waals surface area contributed by atoms with Crippen molar-refractivity contribution in [2.24, 2.45) is 5.41 Å². The Morgan fingerprint density at radius 1 is 1.50 bits per heavy atom. The summed E-state index contributed by atoms with van der Waals surface area (Å²) in [4.78, 5) is 9.70. The first-order valence-corrected chi connectivity index (χ1v) is 2.95. The summed E-state index contributed by atoms with van der Waals surface area (Å²) in [6, 6.07) is 0. The van der Waals surface area contributed by atoms with E-state index in [9.17, 15) is 4.79 Å². The van der Waals surface area contributed by atoms with Crippen LogP contribution in [0.4, 0.5) is 0 Å². The number of hydrogen-bond donors (Lipinski definition) is 2. The summed E-state index contributed by atoms with van der Waals surface area (Å²) >= 11 is 0. The van der Waals surface area contributed by atoms with Crippen molar-refractivity contribution in [2.75, 3.05) is 19.8 Å². The molecule has 0 aromatic carbocycles. The maximum Gasteiger partial charge on any atom is 0.293 e. The van der Waals surface area contributed by atoms with Crippen LogP contribution in [0, 0.1) is 5.41 Å². The summed E-state index contributed by atoms with van der Waals surface area (Å²) in [7, 11) is 0. The fourth-order valence-corrected chi connectivity index (χ4v) is 0.376. The molecule has 4 nitrogen and oxygen atoms in total. The van der Waals surface area contributed by atoms with E-state index in [1.165, 1.54) is 0 Å². The molecule has 10 heavy (non-hydrogen) atoms. The first kappa shape index (κ1) is 9.39. The lowest BCUT2D eigenvalue weighted by molar-refractivity contribution is -0.133. The average Bonchev–Trinajstić information content (AvgIpc) is 2.00. The van der Waals surface area contributed by atoms with Gasteiger partial charge in [0.15, 0.2) is 0 Å². The molecular formula is C6H12O4. The van der Waals surface area contributed by atoms with E-state index in [-0.39, 0.29) is 19.8 Å². The predicted molar refractivity (Wildman–Crippen MR) is 34.3 cm³/mol. The molecule has 60 valence electrons. The highest BCUT2D eigenvalue weighted by atomic mass is 16.5. The lowest BCUT2D eigenvalue weighted by atomic mass is 9.95. The summed E-state index contributed by atoms with van der Waals surface area (Å²) in [6.45, 7) is 1.57. The summed E-state index contributed by atoms with van der Waals surface area (Å²) in [5, 5.41) is 17.3. The van der Waals surface area contributed by atoms with Crippen LogP contribution in [0.5, 0.6) is 0 Å². The van der Waals surface area contributed by atoms with Gasteiger partial charge in [-0.05, 0) is 0 Å². The zero-order chi connectivity index (χ0) is 8.04. The Bertz CT molecular complexity index is 97.9. The maximum atomic E-state index is 9.70. The summed E-state index contributed by atoms with van der Waals surface area (Å²) < 4.78 is 4.38. The normalized spacial score (nSPS) is 11.1. The molecule has 2 N–H and O–H groups in total. The Hall–Kier alpha value is -0.610. The van der Waals surface area contributed by atoms with Crippen LogP contribution >= 0.6 is 0 Å². The van der Waals surface area contributed by atoms with Crippen molar-refractivity contribution < 1.29 is 19.7 Å². The van der Waals surface area contributed by atoms with Crippen molar-refractivity contribution in [1.29, 1.82) is 0 Å². The number of carbonyl (C=O) groups is 1. The highest BCUT2D eigenvalue weighted by Gasteiger charge is 2.22. The van der Waals surface area contributed by atoms with Gasteiger partial charge < -0.3 is 14.9 Å². The molecule has 0 aliphatic rings. The number of rotatable bonds is 5. The number of hydrogen-bond acceptors (Lipinski definition) is 4. The van der Waals surface area contributed by atoms with Gasteiger partial charge in [0.2, 0.25) is 0 Å². The third-order valence-electron chi connectivity index (χ3n) is 1.26. The summed E-state index contributed by atoms with van der Waals surface area (Å²) in [5.41, 5.74) is -0.707. The molecule has 0 saturated heterocycles. The van der Waals surface area contributed by atoms with E-state index in [1.54, 1.807) is 6.92 Å². The molecule has 0 saturated carbocycles. The third kappa shape index (κ3) is 2.80. The molecular weight excluding hydrogens is 136 g/mol. The van der Waals surface area contributed by atoms with E-state index in [2.05, 4.69) is 4.74 Å². The van der Waals surface area contributed by atoms with Gasteiger partial charge in [-0.3, -0.25) is 4.79 Å². The smallest absolute Gasteiger partial charge is 0.293 e. The molecule has 0 bridgehead atoms. The molecule has 0 radical (unpaired) electrons. The molecule has 0 atom stereocenters. The van der Waals surface area contributed by atoms with E-state index in [0.717, 1.165) is 0 Å². The lowest BCUT2D eigenvalue weighted by Crippen LogP contribution is -2.31. The Labute approximate surface area is 59.4 Å². The van der Waals surface area contributed by atoms with Gasteiger partial charge in [0, 0.05) is 5.41 Å². The van der Waals surface area contributed by atoms with Crippen LogP contribution in [0.3, 0.4) is 0 Å². The molecule has 0 unspecified atom stereocenters. The first-order valence-electron chi connectivity index (χ1n) is 2.95. The van der Waals surface area contributed by atoms with Crippen molar-refractivity contribution in [2.45, 2.75) is 6.92 Å². The second-order valence-corrected chi connectivity index (χ2v) is 2.53. The summed E-state index contributed by atoms with van der Waals surface area (Å²) in [5.74, 6) is 0. The molecule has 4 heteroatoms. The molecule has 0 fully saturated rings. The van der Waals surface area contributed by atoms with Crippen LogP contribution in [0.25, 0.3) is 0 Å². The van der Waals surface area contributed by atoms with Gasteiger partial charge in [-0.25, -0.2) is 0 Å². The van der Waals surface area contributed by atoms with E-state index in [0.29, 0.717) is 6.47 Å². The van der Waals surface area contributed by atoms with Gasteiger partial charge in [0.25, 0.3) is 6.47 Å². The lowest BCUT2D eigenvalue weighted by Gasteiger charge is -2.22. The zero-order valence-corrected chi connectivity index (χ0v) is 5.91. The average molecular weight is 148 g/mol. The quantitative estimate of drug-likeness (QED) is 0.498. The Morgan fingerprint density at radius 3 is 2.30 bits per heavy atom. The number of aliphatic hydroxyl groups is 2. The van der Waals surface area contributed by atoms with E-state index in [4.69, 9.17) is 10.2 Å². The number of carbonyl (C=O) groups excluding carboxylic acids is 1. The van der Waals surface area contributed by atoms with Gasteiger partial charge >= 0.3 is 0 Å². The zero-order valence-electron chi connectivity index (χ0n) is 5.91. The molecule has 0 aromatic heterocycles. The maximum absolute atomic E-state index is 9.70. The molecule has 0 heterocycles. The fraction of sp³-hybridized carbons (Fsp3) is 0.833. The van der Waals surface area contributed by atoms with Crippen molar-refractivity contribution in [3.63, 3.8) is 0 Å². The minimum Gasteiger partial charge on any atom is -0.467 e.